The molecule has 0 aromatic rings. The minimum Gasteiger partial charge on any atom is -0.466 e. The zero-order valence-electron chi connectivity index (χ0n) is 9.02. The van der Waals surface area contributed by atoms with E-state index in [1.54, 1.807) is 6.92 Å². The molecule has 2 amide bonds. The van der Waals surface area contributed by atoms with E-state index in [1.807, 2.05) is 5.48 Å². The lowest BCUT2D eigenvalue weighted by Gasteiger charge is -2.29. The summed E-state index contributed by atoms with van der Waals surface area (Å²) in [4.78, 5) is 38.9. The summed E-state index contributed by atoms with van der Waals surface area (Å²) in [5.74, 6) is -1.35. The molecule has 0 radical (unpaired) electrons. The number of carbonyl (C=O) groups is 3. The van der Waals surface area contributed by atoms with Crippen LogP contribution in [0.1, 0.15) is 19.8 Å². The zero-order chi connectivity index (χ0) is 12.0. The van der Waals surface area contributed by atoms with Crippen molar-refractivity contribution in [3.63, 3.8) is 0 Å². The summed E-state index contributed by atoms with van der Waals surface area (Å²) < 4.78 is 4.55. The van der Waals surface area contributed by atoms with E-state index in [0.29, 0.717) is 13.1 Å². The normalized spacial score (nSPS) is 13.7. The first-order chi connectivity index (χ1) is 7.63. The van der Waals surface area contributed by atoms with Crippen LogP contribution in [0.5, 0.6) is 0 Å². The number of nitrogens with zero attached hydrogens (tertiary/aromatic N) is 1. The fraction of sp³-hybridized carbons (Fsp3) is 0.667. The topological polar surface area (TPSA) is 84.9 Å². The first-order valence-electron chi connectivity index (χ1n) is 5.03. The van der Waals surface area contributed by atoms with Gasteiger partial charge in [0, 0.05) is 13.1 Å². The minimum absolute atomic E-state index is 0.208. The highest BCUT2D eigenvalue weighted by Crippen LogP contribution is 2.06. The van der Waals surface area contributed by atoms with Gasteiger partial charge >= 0.3 is 12.1 Å². The lowest BCUT2D eigenvalue weighted by molar-refractivity contribution is -0.148. The number of hydrogen-bond acceptors (Lipinski definition) is 5. The van der Waals surface area contributed by atoms with Gasteiger partial charge in [-0.15, -0.1) is 0 Å². The van der Waals surface area contributed by atoms with Crippen LogP contribution < -0.4 is 5.48 Å². The van der Waals surface area contributed by atoms with Gasteiger partial charge in [0.15, 0.2) is 0 Å². The van der Waals surface area contributed by atoms with Crippen LogP contribution in [0.25, 0.3) is 0 Å². The van der Waals surface area contributed by atoms with E-state index in [2.05, 4.69) is 9.57 Å². The molecule has 0 aromatic carbocycles. The Morgan fingerprint density at radius 1 is 1.31 bits per heavy atom. The van der Waals surface area contributed by atoms with Crippen molar-refractivity contribution in [2.24, 2.45) is 0 Å². The summed E-state index contributed by atoms with van der Waals surface area (Å²) in [6.45, 7) is 3.11. The number of amides is 2. The maximum atomic E-state index is 11.1. The van der Waals surface area contributed by atoms with Gasteiger partial charge in [0.2, 0.25) is 0 Å². The van der Waals surface area contributed by atoms with Crippen molar-refractivity contribution in [2.45, 2.75) is 19.8 Å². The summed E-state index contributed by atoms with van der Waals surface area (Å²) in [5, 5.41) is 0. The van der Waals surface area contributed by atoms with Gasteiger partial charge in [-0.1, -0.05) is 0 Å². The van der Waals surface area contributed by atoms with Crippen LogP contribution in [0.2, 0.25) is 0 Å². The van der Waals surface area contributed by atoms with Gasteiger partial charge in [-0.05, 0) is 13.3 Å². The van der Waals surface area contributed by atoms with Gasteiger partial charge in [-0.25, -0.2) is 4.79 Å². The van der Waals surface area contributed by atoms with Gasteiger partial charge < -0.3 is 14.5 Å². The third kappa shape index (κ3) is 3.76. The molecular formula is C9H14N2O5. The van der Waals surface area contributed by atoms with Gasteiger partial charge in [0.05, 0.1) is 6.61 Å². The molecule has 0 unspecified atom stereocenters. The second kappa shape index (κ2) is 5.94. The molecule has 1 N–H and O–H groups in total. The Bertz CT molecular complexity index is 288. The number of hydrogen-bond donors (Lipinski definition) is 1. The Morgan fingerprint density at radius 2 is 2.00 bits per heavy atom. The van der Waals surface area contributed by atoms with Crippen molar-refractivity contribution in [3.8, 4) is 0 Å². The first-order valence-corrected chi connectivity index (χ1v) is 5.03. The molecular weight excluding hydrogens is 216 g/mol. The molecule has 0 atom stereocenters. The van der Waals surface area contributed by atoms with Crippen molar-refractivity contribution in [2.75, 3.05) is 19.7 Å². The van der Waals surface area contributed by atoms with E-state index in [9.17, 15) is 14.4 Å². The van der Waals surface area contributed by atoms with Crippen molar-refractivity contribution < 1.29 is 24.0 Å². The Balaban J connectivity index is 2.14. The predicted octanol–water partition coefficient (Wildman–Crippen LogP) is -0.187. The fourth-order valence-electron chi connectivity index (χ4n) is 1.04. The van der Waals surface area contributed by atoms with Gasteiger partial charge in [-0.3, -0.25) is 9.59 Å². The molecule has 0 saturated carbocycles. The number of ether oxygens (including phenoxy) is 1. The molecule has 0 aliphatic carbocycles. The molecule has 16 heavy (non-hydrogen) atoms. The summed E-state index contributed by atoms with van der Waals surface area (Å²) in [6, 6.07) is 0. The molecule has 1 heterocycles. The van der Waals surface area contributed by atoms with E-state index in [1.165, 1.54) is 4.90 Å². The SMILES string of the molecule is CCOC(=O)CC(=O)NOC(=O)N1CCC1. The second-order valence-corrected chi connectivity index (χ2v) is 3.22. The fourth-order valence-corrected chi connectivity index (χ4v) is 1.04. The van der Waals surface area contributed by atoms with Crippen molar-refractivity contribution in [1.82, 2.24) is 10.4 Å². The van der Waals surface area contributed by atoms with Crippen molar-refractivity contribution in [1.29, 1.82) is 0 Å². The standard InChI is InChI=1S/C9H14N2O5/c1-2-15-8(13)6-7(12)10-16-9(14)11-4-3-5-11/h2-6H2,1H3,(H,10,12). The second-order valence-electron chi connectivity index (χ2n) is 3.22. The number of hydroxylamine groups is 1. The van der Waals surface area contributed by atoms with Crippen LogP contribution in [0.3, 0.4) is 0 Å². The average molecular weight is 230 g/mol. The molecule has 1 aliphatic rings. The molecule has 0 aromatic heterocycles. The van der Waals surface area contributed by atoms with E-state index in [4.69, 9.17) is 0 Å². The molecule has 1 rings (SSSR count). The van der Waals surface area contributed by atoms with E-state index in [0.717, 1.165) is 6.42 Å². The Morgan fingerprint density at radius 3 is 2.50 bits per heavy atom. The highest BCUT2D eigenvalue weighted by atomic mass is 16.7. The third-order valence-corrected chi connectivity index (χ3v) is 1.98. The third-order valence-electron chi connectivity index (χ3n) is 1.98. The maximum absolute atomic E-state index is 11.1. The lowest BCUT2D eigenvalue weighted by Crippen LogP contribution is -2.45. The average Bonchev–Trinajstić information content (AvgIpc) is 2.12. The lowest BCUT2D eigenvalue weighted by atomic mass is 10.2. The van der Waals surface area contributed by atoms with Crippen LogP contribution >= 0.6 is 0 Å². The number of esters is 1. The highest BCUT2D eigenvalue weighted by molar-refractivity contribution is 5.94. The molecule has 0 bridgehead atoms. The van der Waals surface area contributed by atoms with Crippen LogP contribution in [0, 0.1) is 0 Å². The minimum atomic E-state index is -0.702. The largest absolute Gasteiger partial charge is 0.466 e. The molecule has 7 heteroatoms. The van der Waals surface area contributed by atoms with Crippen LogP contribution in [0.15, 0.2) is 0 Å². The molecule has 1 aliphatic heterocycles. The summed E-state index contributed by atoms with van der Waals surface area (Å²) in [6.07, 6.45) is -0.129. The first kappa shape index (κ1) is 12.3. The Hall–Kier alpha value is -1.79. The van der Waals surface area contributed by atoms with E-state index >= 15 is 0 Å². The van der Waals surface area contributed by atoms with Crippen LogP contribution in [0.4, 0.5) is 4.79 Å². The number of nitrogens with one attached hydrogen (secondary N) is 1. The summed E-state index contributed by atoms with van der Waals surface area (Å²) >= 11 is 0. The number of rotatable bonds is 3. The van der Waals surface area contributed by atoms with E-state index < -0.39 is 24.4 Å². The van der Waals surface area contributed by atoms with Crippen molar-refractivity contribution >= 4 is 18.0 Å². The Labute approximate surface area is 92.6 Å². The molecule has 90 valence electrons. The number of likely N-dealkylation sites (tertiary alicyclic amines) is 1. The summed E-state index contributed by atoms with van der Waals surface area (Å²) in [7, 11) is 0. The summed E-state index contributed by atoms with van der Waals surface area (Å²) in [5.41, 5.74) is 1.89. The predicted molar refractivity (Wildman–Crippen MR) is 52.1 cm³/mol. The van der Waals surface area contributed by atoms with Gasteiger partial charge in [-0.2, -0.15) is 5.48 Å². The molecule has 0 spiro atoms. The molecule has 1 saturated heterocycles. The molecule has 1 fully saturated rings. The highest BCUT2D eigenvalue weighted by Gasteiger charge is 2.22. The van der Waals surface area contributed by atoms with Crippen LogP contribution in [-0.4, -0.2) is 42.6 Å². The van der Waals surface area contributed by atoms with Crippen molar-refractivity contribution in [3.05, 3.63) is 0 Å². The van der Waals surface area contributed by atoms with Gasteiger partial charge in [0.1, 0.15) is 6.42 Å². The van der Waals surface area contributed by atoms with Gasteiger partial charge in [0.25, 0.3) is 5.91 Å². The Kier molecular flexibility index (Phi) is 4.56. The zero-order valence-corrected chi connectivity index (χ0v) is 9.02. The smallest absolute Gasteiger partial charge is 0.434 e. The monoisotopic (exact) mass is 230 g/mol. The quantitative estimate of drug-likeness (QED) is 0.413. The van der Waals surface area contributed by atoms with Crippen LogP contribution in [-0.2, 0) is 19.2 Å². The maximum Gasteiger partial charge on any atom is 0.434 e. The molecule has 7 nitrogen and oxygen atoms in total. The number of carbonyl (C=O) groups excluding carboxylic acids is 3. The van der Waals surface area contributed by atoms with E-state index in [-0.39, 0.29) is 6.61 Å².